The Kier molecular flexibility index (Phi) is 4.93. The summed E-state index contributed by atoms with van der Waals surface area (Å²) in [6.07, 6.45) is 3.41. The number of pyridine rings is 2. The molecule has 2 aromatic rings. The number of nitrogens with two attached hydrogens (primary N) is 1. The lowest BCUT2D eigenvalue weighted by molar-refractivity contribution is 0.0699. The Morgan fingerprint density at radius 2 is 2.13 bits per heavy atom. The largest absolute Gasteiger partial charge is 0.384 e. The van der Waals surface area contributed by atoms with Crippen LogP contribution in [0.3, 0.4) is 0 Å². The lowest BCUT2D eigenvalue weighted by Crippen LogP contribution is -2.23. The van der Waals surface area contributed by atoms with Gasteiger partial charge in [-0.3, -0.25) is 0 Å². The highest BCUT2D eigenvalue weighted by atomic mass is 35.5. The van der Waals surface area contributed by atoms with Crippen molar-refractivity contribution in [3.05, 3.63) is 35.2 Å². The van der Waals surface area contributed by atoms with Gasteiger partial charge in [0.1, 0.15) is 5.82 Å². The van der Waals surface area contributed by atoms with Gasteiger partial charge in [0, 0.05) is 31.5 Å². The summed E-state index contributed by atoms with van der Waals surface area (Å²) in [7, 11) is 0. The molecule has 3 N–H and O–H groups in total. The fourth-order valence-electron chi connectivity index (χ4n) is 2.56. The first-order valence-electron chi connectivity index (χ1n) is 7.53. The molecule has 122 valence electrons. The van der Waals surface area contributed by atoms with Crippen molar-refractivity contribution >= 4 is 23.2 Å². The third-order valence-corrected chi connectivity index (χ3v) is 4.20. The number of rotatable bonds is 4. The van der Waals surface area contributed by atoms with Crippen molar-refractivity contribution in [1.29, 1.82) is 0 Å². The van der Waals surface area contributed by atoms with Crippen molar-refractivity contribution in [2.24, 2.45) is 5.92 Å². The second kappa shape index (κ2) is 7.10. The first-order valence-corrected chi connectivity index (χ1v) is 7.91. The van der Waals surface area contributed by atoms with Crippen molar-refractivity contribution < 1.29 is 9.13 Å². The molecule has 2 aromatic heterocycles. The van der Waals surface area contributed by atoms with E-state index in [-0.39, 0.29) is 11.6 Å². The van der Waals surface area contributed by atoms with E-state index < -0.39 is 0 Å². The van der Waals surface area contributed by atoms with E-state index in [1.807, 2.05) is 0 Å². The van der Waals surface area contributed by atoms with E-state index in [1.54, 1.807) is 12.1 Å². The summed E-state index contributed by atoms with van der Waals surface area (Å²) in [6, 6.07) is 4.59. The maximum Gasteiger partial charge on any atom is 0.165 e. The summed E-state index contributed by atoms with van der Waals surface area (Å²) in [5.41, 5.74) is 6.88. The molecule has 1 fully saturated rings. The summed E-state index contributed by atoms with van der Waals surface area (Å²) >= 11 is 6.14. The molecule has 1 aliphatic rings. The van der Waals surface area contributed by atoms with Gasteiger partial charge in [-0.15, -0.1) is 0 Å². The van der Waals surface area contributed by atoms with Gasteiger partial charge in [0.05, 0.1) is 10.7 Å². The highest BCUT2D eigenvalue weighted by Gasteiger charge is 2.15. The molecule has 0 amide bonds. The molecule has 0 aliphatic carbocycles. The number of aromatic nitrogens is 2. The van der Waals surface area contributed by atoms with E-state index in [9.17, 15) is 4.39 Å². The molecule has 0 atom stereocenters. The number of halogens is 2. The Morgan fingerprint density at radius 1 is 1.35 bits per heavy atom. The number of nitrogens with one attached hydrogen (secondary N) is 1. The second-order valence-corrected chi connectivity index (χ2v) is 5.96. The predicted molar refractivity (Wildman–Crippen MR) is 88.9 cm³/mol. The van der Waals surface area contributed by atoms with Crippen LogP contribution >= 0.6 is 11.6 Å². The Bertz CT molecular complexity index is 692. The number of nitrogens with zero attached hydrogens (tertiary/aromatic N) is 2. The molecule has 1 aliphatic heterocycles. The van der Waals surface area contributed by atoms with Gasteiger partial charge in [-0.1, -0.05) is 11.6 Å². The molecule has 0 saturated carbocycles. The predicted octanol–water partition coefficient (Wildman–Crippen LogP) is 3.36. The minimum Gasteiger partial charge on any atom is -0.384 e. The molecule has 23 heavy (non-hydrogen) atoms. The Hall–Kier alpha value is -1.92. The number of anilines is 2. The van der Waals surface area contributed by atoms with Gasteiger partial charge in [0.2, 0.25) is 0 Å². The van der Waals surface area contributed by atoms with Gasteiger partial charge >= 0.3 is 0 Å². The van der Waals surface area contributed by atoms with Crippen molar-refractivity contribution in [2.45, 2.75) is 12.8 Å². The first kappa shape index (κ1) is 16.0. The van der Waals surface area contributed by atoms with Crippen LogP contribution < -0.4 is 11.1 Å². The fraction of sp³-hybridized carbons (Fsp3) is 0.375. The van der Waals surface area contributed by atoms with E-state index in [4.69, 9.17) is 22.1 Å². The van der Waals surface area contributed by atoms with E-state index in [1.165, 1.54) is 12.3 Å². The molecular formula is C16H18ClFN4O. The van der Waals surface area contributed by atoms with E-state index in [0.29, 0.717) is 34.6 Å². The van der Waals surface area contributed by atoms with Gasteiger partial charge in [-0.2, -0.15) is 0 Å². The molecule has 0 radical (unpaired) electrons. The summed E-state index contributed by atoms with van der Waals surface area (Å²) in [5.74, 6) is 0.639. The lowest BCUT2D eigenvalue weighted by atomic mass is 10.0. The smallest absolute Gasteiger partial charge is 0.165 e. The monoisotopic (exact) mass is 336 g/mol. The van der Waals surface area contributed by atoms with Crippen LogP contribution in [0.15, 0.2) is 24.4 Å². The fourth-order valence-corrected chi connectivity index (χ4v) is 2.76. The van der Waals surface area contributed by atoms with Gasteiger partial charge in [-0.05, 0) is 37.0 Å². The van der Waals surface area contributed by atoms with Crippen LogP contribution in [0.5, 0.6) is 0 Å². The van der Waals surface area contributed by atoms with Crippen LogP contribution in [0.4, 0.5) is 16.0 Å². The summed E-state index contributed by atoms with van der Waals surface area (Å²) < 4.78 is 19.3. The molecule has 7 heteroatoms. The molecule has 0 bridgehead atoms. The van der Waals surface area contributed by atoms with E-state index in [2.05, 4.69) is 15.3 Å². The normalized spacial score (nSPS) is 15.6. The maximum atomic E-state index is 14.0. The average Bonchev–Trinajstić information content (AvgIpc) is 2.57. The zero-order valence-electron chi connectivity index (χ0n) is 12.6. The van der Waals surface area contributed by atoms with Crippen LogP contribution in [0, 0.1) is 11.7 Å². The molecule has 0 spiro atoms. The summed E-state index contributed by atoms with van der Waals surface area (Å²) in [4.78, 5) is 8.26. The van der Waals surface area contributed by atoms with Gasteiger partial charge in [0.15, 0.2) is 11.6 Å². The molecule has 0 aromatic carbocycles. The number of ether oxygens (including phenoxy) is 1. The van der Waals surface area contributed by atoms with Gasteiger partial charge in [0.25, 0.3) is 0 Å². The first-order chi connectivity index (χ1) is 11.1. The molecule has 3 heterocycles. The molecule has 1 saturated heterocycles. The highest BCUT2D eigenvalue weighted by Crippen LogP contribution is 2.29. The van der Waals surface area contributed by atoms with Crippen molar-refractivity contribution in [3.8, 4) is 11.3 Å². The van der Waals surface area contributed by atoms with Crippen molar-refractivity contribution in [3.63, 3.8) is 0 Å². The second-order valence-electron chi connectivity index (χ2n) is 5.55. The Labute approximate surface area is 139 Å². The topological polar surface area (TPSA) is 73.1 Å². The van der Waals surface area contributed by atoms with Crippen LogP contribution in [0.2, 0.25) is 5.02 Å². The molecule has 0 unspecified atom stereocenters. The molecule has 5 nitrogen and oxygen atoms in total. The number of hydrogen-bond acceptors (Lipinski definition) is 5. The zero-order valence-corrected chi connectivity index (χ0v) is 13.3. The van der Waals surface area contributed by atoms with E-state index >= 15 is 0 Å². The van der Waals surface area contributed by atoms with Crippen LogP contribution in [0.25, 0.3) is 11.3 Å². The number of hydrogen-bond donors (Lipinski definition) is 2. The van der Waals surface area contributed by atoms with Crippen molar-refractivity contribution in [1.82, 2.24) is 9.97 Å². The van der Waals surface area contributed by atoms with Crippen LogP contribution in [0.1, 0.15) is 12.8 Å². The molecule has 3 rings (SSSR count). The number of nitrogen functional groups attached to an aromatic ring is 1. The third kappa shape index (κ3) is 3.89. The minimum absolute atomic E-state index is 0.223. The van der Waals surface area contributed by atoms with Crippen molar-refractivity contribution in [2.75, 3.05) is 30.8 Å². The quantitative estimate of drug-likeness (QED) is 0.895. The Morgan fingerprint density at radius 3 is 2.91 bits per heavy atom. The minimum atomic E-state index is -0.390. The summed E-state index contributed by atoms with van der Waals surface area (Å²) in [6.45, 7) is 2.19. The average molecular weight is 337 g/mol. The highest BCUT2D eigenvalue weighted by molar-refractivity contribution is 6.33. The lowest BCUT2D eigenvalue weighted by Gasteiger charge is -2.22. The van der Waals surface area contributed by atoms with Gasteiger partial charge < -0.3 is 15.8 Å². The molecular weight excluding hydrogens is 319 g/mol. The van der Waals surface area contributed by atoms with Gasteiger partial charge in [-0.25, -0.2) is 14.4 Å². The standard InChI is InChI=1S/C16H18ClFN4O/c17-12-9-20-15(19)7-11(12)14-2-1-13(18)16(22-14)21-8-10-3-5-23-6-4-10/h1-2,7,9-10H,3-6,8H2,(H2,19,20)(H,21,22). The third-order valence-electron chi connectivity index (χ3n) is 3.90. The van der Waals surface area contributed by atoms with Crippen LogP contribution in [-0.2, 0) is 4.74 Å². The van der Waals surface area contributed by atoms with Crippen LogP contribution in [-0.4, -0.2) is 29.7 Å². The SMILES string of the molecule is Nc1cc(-c2ccc(F)c(NCC3CCOCC3)n2)c(Cl)cn1. The summed E-state index contributed by atoms with van der Waals surface area (Å²) in [5, 5.41) is 3.52. The van der Waals surface area contributed by atoms with E-state index in [0.717, 1.165) is 26.1 Å². The maximum absolute atomic E-state index is 14.0. The zero-order chi connectivity index (χ0) is 16.2. The Balaban J connectivity index is 1.79.